The van der Waals surface area contributed by atoms with Crippen LogP contribution in [0.5, 0.6) is 5.75 Å². The minimum Gasteiger partial charge on any atom is -0.496 e. The molecule has 0 unspecified atom stereocenters. The first-order chi connectivity index (χ1) is 8.22. The first kappa shape index (κ1) is 12.6. The maximum atomic E-state index is 6.17. The van der Waals surface area contributed by atoms with Crippen molar-refractivity contribution in [2.75, 3.05) is 7.11 Å². The van der Waals surface area contributed by atoms with Crippen LogP contribution >= 0.6 is 35.0 Å². The molecule has 2 aromatic rings. The zero-order chi connectivity index (χ0) is 12.3. The van der Waals surface area contributed by atoms with Crippen LogP contribution < -0.4 is 4.74 Å². The normalized spacial score (nSPS) is 11.5. The Morgan fingerprint density at radius 1 is 1.18 bits per heavy atom. The second kappa shape index (κ2) is 5.67. The van der Waals surface area contributed by atoms with Gasteiger partial charge in [-0.15, -0.1) is 0 Å². The molecule has 1 radical (unpaired) electrons. The van der Waals surface area contributed by atoms with Crippen molar-refractivity contribution in [3.8, 4) is 5.75 Å². The van der Waals surface area contributed by atoms with E-state index in [0.717, 1.165) is 15.5 Å². The Labute approximate surface area is 115 Å². The summed E-state index contributed by atoms with van der Waals surface area (Å²) >= 11 is 12.6. The molecule has 0 saturated carbocycles. The van der Waals surface area contributed by atoms with Gasteiger partial charge in [-0.1, -0.05) is 35.3 Å². The van der Waals surface area contributed by atoms with E-state index in [1.54, 1.807) is 13.2 Å². The SMILES string of the molecule is COc1c[c]ccc1[SH2]c1cccc(Cl)c1Cl. The fourth-order valence-corrected chi connectivity index (χ4v) is 3.13. The van der Waals surface area contributed by atoms with Crippen LogP contribution in [0.1, 0.15) is 0 Å². The molecule has 0 fully saturated rings. The highest BCUT2D eigenvalue weighted by Crippen LogP contribution is 2.40. The quantitative estimate of drug-likeness (QED) is 0.811. The molecule has 0 spiro atoms. The highest BCUT2D eigenvalue weighted by atomic mass is 35.5. The molecule has 0 atom stereocenters. The number of benzene rings is 2. The van der Waals surface area contributed by atoms with Gasteiger partial charge < -0.3 is 4.74 Å². The molecule has 0 N–H and O–H groups in total. The number of ether oxygens (including phenoxy) is 1. The highest BCUT2D eigenvalue weighted by Gasteiger charge is 2.06. The van der Waals surface area contributed by atoms with Crippen molar-refractivity contribution in [2.24, 2.45) is 0 Å². The summed E-state index contributed by atoms with van der Waals surface area (Å²) in [7, 11) is 1.65. The second-order valence-electron chi connectivity index (χ2n) is 3.35. The summed E-state index contributed by atoms with van der Waals surface area (Å²) in [6.07, 6.45) is 0. The highest BCUT2D eigenvalue weighted by molar-refractivity contribution is 7.99. The van der Waals surface area contributed by atoms with E-state index in [1.165, 1.54) is 0 Å². The zero-order valence-electron chi connectivity index (χ0n) is 9.13. The van der Waals surface area contributed by atoms with Crippen LogP contribution in [-0.4, -0.2) is 7.11 Å². The molecule has 0 aliphatic heterocycles. The van der Waals surface area contributed by atoms with Gasteiger partial charge in [0.25, 0.3) is 0 Å². The Morgan fingerprint density at radius 2 is 2.00 bits per heavy atom. The van der Waals surface area contributed by atoms with E-state index in [2.05, 4.69) is 6.07 Å². The summed E-state index contributed by atoms with van der Waals surface area (Å²) in [5, 5.41) is 1.19. The topological polar surface area (TPSA) is 9.23 Å². The van der Waals surface area contributed by atoms with Gasteiger partial charge >= 0.3 is 0 Å². The van der Waals surface area contributed by atoms with E-state index in [-0.39, 0.29) is 0 Å². The number of hydrogen-bond donors (Lipinski definition) is 0. The Hall–Kier alpha value is -0.830. The molecule has 2 aromatic carbocycles. The van der Waals surface area contributed by atoms with Crippen LogP contribution in [0.15, 0.2) is 46.2 Å². The van der Waals surface area contributed by atoms with Gasteiger partial charge in [-0.25, -0.2) is 11.8 Å². The standard InChI is InChI=1S/C13H11Cl2OS/c1-16-10-6-2-3-7-11(10)17-12-8-4-5-9(14)13(12)15/h3-8H,17H2,1H3. The molecule has 0 amide bonds. The van der Waals surface area contributed by atoms with Crippen LogP contribution in [0.4, 0.5) is 0 Å². The minimum atomic E-state index is 0.416. The second-order valence-corrected chi connectivity index (χ2v) is 5.47. The van der Waals surface area contributed by atoms with Crippen molar-refractivity contribution in [1.82, 2.24) is 0 Å². The Kier molecular flexibility index (Phi) is 4.21. The van der Waals surface area contributed by atoms with Crippen molar-refractivity contribution in [1.29, 1.82) is 0 Å². The van der Waals surface area contributed by atoms with Gasteiger partial charge in [-0.2, -0.15) is 0 Å². The summed E-state index contributed by atoms with van der Waals surface area (Å²) in [6, 6.07) is 14.3. The molecule has 0 bridgehead atoms. The fourth-order valence-electron chi connectivity index (χ4n) is 1.43. The predicted molar refractivity (Wildman–Crippen MR) is 75.2 cm³/mol. The predicted octanol–water partition coefficient (Wildman–Crippen LogP) is 4.42. The first-order valence-electron chi connectivity index (χ1n) is 4.97. The van der Waals surface area contributed by atoms with Gasteiger partial charge in [0.15, 0.2) is 0 Å². The molecule has 0 heterocycles. The van der Waals surface area contributed by atoms with Crippen molar-refractivity contribution in [3.63, 3.8) is 0 Å². The lowest BCUT2D eigenvalue weighted by atomic mass is 10.3. The summed E-state index contributed by atoms with van der Waals surface area (Å²) in [5.41, 5.74) is 0. The number of hydrogen-bond acceptors (Lipinski definition) is 1. The number of rotatable bonds is 3. The average molecular weight is 286 g/mol. The lowest BCUT2D eigenvalue weighted by molar-refractivity contribution is 0.404. The Bertz CT molecular complexity index is 529. The van der Waals surface area contributed by atoms with Gasteiger partial charge in [0.05, 0.1) is 17.2 Å². The smallest absolute Gasteiger partial charge is 0.131 e. The maximum absolute atomic E-state index is 6.17. The van der Waals surface area contributed by atoms with E-state index in [0.29, 0.717) is 21.8 Å². The first-order valence-corrected chi connectivity index (χ1v) is 6.73. The van der Waals surface area contributed by atoms with Crippen molar-refractivity contribution in [3.05, 3.63) is 52.5 Å². The monoisotopic (exact) mass is 285 g/mol. The molecule has 0 saturated heterocycles. The van der Waals surface area contributed by atoms with Crippen molar-refractivity contribution < 1.29 is 4.74 Å². The Balaban J connectivity index is 2.35. The summed E-state index contributed by atoms with van der Waals surface area (Å²) < 4.78 is 5.29. The van der Waals surface area contributed by atoms with Gasteiger partial charge in [0.1, 0.15) is 5.75 Å². The van der Waals surface area contributed by atoms with Gasteiger partial charge in [0.2, 0.25) is 0 Å². The van der Waals surface area contributed by atoms with Gasteiger partial charge in [-0.05, 0) is 30.3 Å². The average Bonchev–Trinajstić information content (AvgIpc) is 2.35. The van der Waals surface area contributed by atoms with E-state index in [1.807, 2.05) is 30.3 Å². The summed E-state index contributed by atoms with van der Waals surface area (Å²) in [4.78, 5) is 2.11. The lowest BCUT2D eigenvalue weighted by Gasteiger charge is -2.11. The molecule has 1 nitrogen and oxygen atoms in total. The molecule has 0 aromatic heterocycles. The third kappa shape index (κ3) is 2.89. The summed E-state index contributed by atoms with van der Waals surface area (Å²) in [6.45, 7) is 0. The van der Waals surface area contributed by atoms with E-state index in [9.17, 15) is 0 Å². The van der Waals surface area contributed by atoms with E-state index >= 15 is 0 Å². The lowest BCUT2D eigenvalue weighted by Crippen LogP contribution is -1.85. The Morgan fingerprint density at radius 3 is 2.76 bits per heavy atom. The van der Waals surface area contributed by atoms with Crippen molar-refractivity contribution in [2.45, 2.75) is 9.79 Å². The van der Waals surface area contributed by atoms with E-state index in [4.69, 9.17) is 27.9 Å². The molecule has 2 rings (SSSR count). The largest absolute Gasteiger partial charge is 0.496 e. The molecular formula is C13H11Cl2OS. The van der Waals surface area contributed by atoms with Gasteiger partial charge in [0, 0.05) is 9.79 Å². The fraction of sp³-hybridized carbons (Fsp3) is 0.0769. The molecule has 17 heavy (non-hydrogen) atoms. The van der Waals surface area contributed by atoms with Crippen LogP contribution in [-0.2, 0) is 0 Å². The minimum absolute atomic E-state index is 0.416. The molecule has 89 valence electrons. The molecule has 0 aliphatic carbocycles. The van der Waals surface area contributed by atoms with Crippen LogP contribution in [0.2, 0.25) is 10.0 Å². The number of methoxy groups -OCH3 is 1. The van der Waals surface area contributed by atoms with Crippen LogP contribution in [0, 0.1) is 6.07 Å². The van der Waals surface area contributed by atoms with Gasteiger partial charge in [-0.3, -0.25) is 0 Å². The van der Waals surface area contributed by atoms with Crippen molar-refractivity contribution >= 4 is 35.0 Å². The molecule has 4 heteroatoms. The van der Waals surface area contributed by atoms with Crippen LogP contribution in [0.25, 0.3) is 0 Å². The third-order valence-electron chi connectivity index (χ3n) is 2.27. The van der Waals surface area contributed by atoms with E-state index < -0.39 is 0 Å². The molecule has 0 aliphatic rings. The third-order valence-corrected chi connectivity index (χ3v) is 4.61. The van der Waals surface area contributed by atoms with Crippen LogP contribution in [0.3, 0.4) is 0 Å². The maximum Gasteiger partial charge on any atom is 0.131 e. The molecular weight excluding hydrogens is 275 g/mol. The number of halogens is 2. The summed E-state index contributed by atoms with van der Waals surface area (Å²) in [5.74, 6) is 0.821. The zero-order valence-corrected chi connectivity index (χ0v) is 11.6.